The van der Waals surface area contributed by atoms with Crippen LogP contribution in [0.25, 0.3) is 0 Å². The van der Waals surface area contributed by atoms with Gasteiger partial charge in [0.1, 0.15) is 16.5 Å². The third-order valence-corrected chi connectivity index (χ3v) is 4.00. The molecule has 0 spiro atoms. The number of anilines is 1. The van der Waals surface area contributed by atoms with E-state index in [2.05, 4.69) is 21.2 Å². The minimum atomic E-state index is -0.238. The van der Waals surface area contributed by atoms with Gasteiger partial charge in [-0.1, -0.05) is 28.1 Å². The molecule has 4 nitrogen and oxygen atoms in total. The van der Waals surface area contributed by atoms with Crippen LogP contribution in [0.15, 0.2) is 27.1 Å². The summed E-state index contributed by atoms with van der Waals surface area (Å²) in [6, 6.07) is 5.36. The van der Waals surface area contributed by atoms with Crippen LogP contribution in [0.3, 0.4) is 0 Å². The predicted octanol–water partition coefficient (Wildman–Crippen LogP) is 3.85. The molecule has 0 unspecified atom stereocenters. The standard InChI is InChI=1S/C15H15BrN2O2S/c1-7-8(2)20-9(3)13(7)15(19)18-12-6-10(16)4-5-11(12)14(17)21/h4-6H,1-3H3,(H2,17,21)(H,18,19). The number of nitrogens with one attached hydrogen (secondary N) is 1. The van der Waals surface area contributed by atoms with Crippen LogP contribution < -0.4 is 11.1 Å². The Labute approximate surface area is 136 Å². The van der Waals surface area contributed by atoms with E-state index in [0.717, 1.165) is 15.8 Å². The van der Waals surface area contributed by atoms with Gasteiger partial charge in [0.2, 0.25) is 0 Å². The molecule has 0 saturated carbocycles. The van der Waals surface area contributed by atoms with Crippen LogP contribution in [-0.4, -0.2) is 10.9 Å². The zero-order valence-corrected chi connectivity index (χ0v) is 14.3. The van der Waals surface area contributed by atoms with Crippen molar-refractivity contribution in [2.75, 3.05) is 5.32 Å². The summed E-state index contributed by atoms with van der Waals surface area (Å²) < 4.78 is 6.31. The topological polar surface area (TPSA) is 68.3 Å². The van der Waals surface area contributed by atoms with E-state index >= 15 is 0 Å². The summed E-state index contributed by atoms with van der Waals surface area (Å²) in [5.41, 5.74) is 8.25. The van der Waals surface area contributed by atoms with Gasteiger partial charge in [-0.05, 0) is 39.0 Å². The number of benzene rings is 1. The summed E-state index contributed by atoms with van der Waals surface area (Å²) in [7, 11) is 0. The van der Waals surface area contributed by atoms with Crippen molar-refractivity contribution < 1.29 is 9.21 Å². The Hall–Kier alpha value is -1.66. The maximum absolute atomic E-state index is 12.5. The number of carbonyl (C=O) groups is 1. The van der Waals surface area contributed by atoms with E-state index in [4.69, 9.17) is 22.4 Å². The van der Waals surface area contributed by atoms with Gasteiger partial charge in [0.25, 0.3) is 5.91 Å². The molecule has 3 N–H and O–H groups in total. The Morgan fingerprint density at radius 2 is 1.95 bits per heavy atom. The molecule has 6 heteroatoms. The number of thiocarbonyl (C=S) groups is 1. The predicted molar refractivity (Wildman–Crippen MR) is 90.9 cm³/mol. The molecule has 0 aliphatic rings. The average molecular weight is 367 g/mol. The van der Waals surface area contributed by atoms with E-state index in [1.54, 1.807) is 19.1 Å². The Bertz CT molecular complexity index is 738. The molecule has 1 aromatic carbocycles. The first kappa shape index (κ1) is 15.7. The van der Waals surface area contributed by atoms with Gasteiger partial charge in [-0.2, -0.15) is 0 Å². The highest BCUT2D eigenvalue weighted by Gasteiger charge is 2.19. The number of hydrogen-bond donors (Lipinski definition) is 2. The number of hydrogen-bond acceptors (Lipinski definition) is 3. The molecule has 0 aliphatic heterocycles. The summed E-state index contributed by atoms with van der Waals surface area (Å²) in [6.07, 6.45) is 0. The summed E-state index contributed by atoms with van der Waals surface area (Å²) in [5, 5.41) is 2.85. The van der Waals surface area contributed by atoms with Gasteiger partial charge in [-0.25, -0.2) is 0 Å². The number of amides is 1. The summed E-state index contributed by atoms with van der Waals surface area (Å²) in [5.74, 6) is 1.09. The molecule has 0 saturated heterocycles. The number of halogens is 1. The van der Waals surface area contributed by atoms with E-state index in [1.807, 2.05) is 19.9 Å². The van der Waals surface area contributed by atoms with Crippen molar-refractivity contribution in [1.29, 1.82) is 0 Å². The van der Waals surface area contributed by atoms with Gasteiger partial charge in [0, 0.05) is 15.6 Å². The van der Waals surface area contributed by atoms with Gasteiger partial charge >= 0.3 is 0 Å². The lowest BCUT2D eigenvalue weighted by atomic mass is 10.1. The zero-order valence-electron chi connectivity index (χ0n) is 11.9. The maximum atomic E-state index is 12.5. The van der Waals surface area contributed by atoms with Crippen LogP contribution in [0.4, 0.5) is 5.69 Å². The third kappa shape index (κ3) is 3.16. The number of furan rings is 1. The second-order valence-corrected chi connectivity index (χ2v) is 6.08. The van der Waals surface area contributed by atoms with E-state index in [1.165, 1.54) is 0 Å². The van der Waals surface area contributed by atoms with E-state index < -0.39 is 0 Å². The fourth-order valence-corrected chi connectivity index (χ4v) is 2.69. The highest BCUT2D eigenvalue weighted by atomic mass is 79.9. The summed E-state index contributed by atoms with van der Waals surface area (Å²) in [6.45, 7) is 5.46. The highest BCUT2D eigenvalue weighted by Crippen LogP contribution is 2.25. The minimum absolute atomic E-state index is 0.231. The molecule has 2 aromatic rings. The molecular weight excluding hydrogens is 352 g/mol. The molecule has 0 radical (unpaired) electrons. The molecule has 0 aliphatic carbocycles. The van der Waals surface area contributed by atoms with Crippen molar-refractivity contribution in [1.82, 2.24) is 0 Å². The molecule has 1 amide bonds. The lowest BCUT2D eigenvalue weighted by molar-refractivity contribution is 0.102. The van der Waals surface area contributed by atoms with Crippen LogP contribution in [0, 0.1) is 20.8 Å². The summed E-state index contributed by atoms with van der Waals surface area (Å²) in [4.78, 5) is 12.7. The van der Waals surface area contributed by atoms with Crippen LogP contribution in [0.1, 0.15) is 33.0 Å². The molecule has 1 heterocycles. The van der Waals surface area contributed by atoms with Crippen molar-refractivity contribution in [3.8, 4) is 0 Å². The Morgan fingerprint density at radius 1 is 1.29 bits per heavy atom. The lowest BCUT2D eigenvalue weighted by Gasteiger charge is -2.11. The summed E-state index contributed by atoms with van der Waals surface area (Å²) >= 11 is 8.38. The second kappa shape index (κ2) is 5.99. The van der Waals surface area contributed by atoms with Crippen molar-refractivity contribution in [3.63, 3.8) is 0 Å². The van der Waals surface area contributed by atoms with Crippen LogP contribution in [0.2, 0.25) is 0 Å². The molecule has 0 bridgehead atoms. The molecule has 21 heavy (non-hydrogen) atoms. The number of carbonyl (C=O) groups excluding carboxylic acids is 1. The van der Waals surface area contributed by atoms with Gasteiger partial charge < -0.3 is 15.5 Å². The first-order chi connectivity index (χ1) is 9.81. The van der Waals surface area contributed by atoms with Crippen molar-refractivity contribution >= 4 is 44.7 Å². The number of aryl methyl sites for hydroxylation is 2. The van der Waals surface area contributed by atoms with Crippen LogP contribution >= 0.6 is 28.1 Å². The van der Waals surface area contributed by atoms with Gasteiger partial charge in [-0.15, -0.1) is 0 Å². The highest BCUT2D eigenvalue weighted by molar-refractivity contribution is 9.10. The zero-order chi connectivity index (χ0) is 15.7. The second-order valence-electron chi connectivity index (χ2n) is 4.72. The average Bonchev–Trinajstić information content (AvgIpc) is 2.62. The van der Waals surface area contributed by atoms with Crippen molar-refractivity contribution in [2.24, 2.45) is 5.73 Å². The molecule has 110 valence electrons. The molecule has 0 atom stereocenters. The molecule has 1 aromatic heterocycles. The van der Waals surface area contributed by atoms with Gasteiger partial charge in [-0.3, -0.25) is 4.79 Å². The molecule has 0 fully saturated rings. The normalized spacial score (nSPS) is 10.5. The smallest absolute Gasteiger partial charge is 0.259 e. The van der Waals surface area contributed by atoms with E-state index in [9.17, 15) is 4.79 Å². The maximum Gasteiger partial charge on any atom is 0.259 e. The Morgan fingerprint density at radius 3 is 2.48 bits per heavy atom. The van der Waals surface area contributed by atoms with Gasteiger partial charge in [0.15, 0.2) is 0 Å². The van der Waals surface area contributed by atoms with Crippen molar-refractivity contribution in [3.05, 3.63) is 50.9 Å². The number of rotatable bonds is 3. The Kier molecular flexibility index (Phi) is 4.49. The van der Waals surface area contributed by atoms with Gasteiger partial charge in [0.05, 0.1) is 11.3 Å². The SMILES string of the molecule is Cc1oc(C)c(C(=O)Nc2cc(Br)ccc2C(N)=S)c1C. The quantitative estimate of drug-likeness (QED) is 0.809. The third-order valence-electron chi connectivity index (χ3n) is 3.28. The molecule has 2 rings (SSSR count). The first-order valence-electron chi connectivity index (χ1n) is 6.28. The van der Waals surface area contributed by atoms with Crippen LogP contribution in [0.5, 0.6) is 0 Å². The Balaban J connectivity index is 2.40. The van der Waals surface area contributed by atoms with E-state index in [-0.39, 0.29) is 10.9 Å². The lowest BCUT2D eigenvalue weighted by Crippen LogP contribution is -2.18. The van der Waals surface area contributed by atoms with E-state index in [0.29, 0.717) is 22.6 Å². The van der Waals surface area contributed by atoms with Crippen molar-refractivity contribution in [2.45, 2.75) is 20.8 Å². The fourth-order valence-electron chi connectivity index (χ4n) is 2.15. The monoisotopic (exact) mass is 366 g/mol. The first-order valence-corrected chi connectivity index (χ1v) is 7.48. The minimum Gasteiger partial charge on any atom is -0.466 e. The molecular formula is C15H15BrN2O2S. The van der Waals surface area contributed by atoms with Crippen LogP contribution in [-0.2, 0) is 0 Å². The largest absolute Gasteiger partial charge is 0.466 e. The fraction of sp³-hybridized carbons (Fsp3) is 0.200. The number of nitrogens with two attached hydrogens (primary N) is 1.